The van der Waals surface area contributed by atoms with Crippen LogP contribution in [0.2, 0.25) is 0 Å². The summed E-state index contributed by atoms with van der Waals surface area (Å²) in [5.41, 5.74) is 1.18. The molecule has 0 aromatic heterocycles. The molecule has 0 radical (unpaired) electrons. The molecule has 0 heterocycles. The van der Waals surface area contributed by atoms with E-state index >= 15 is 0 Å². The Kier molecular flexibility index (Phi) is 3.91. The van der Waals surface area contributed by atoms with Gasteiger partial charge in [0, 0.05) is 16.6 Å². The monoisotopic (exact) mass is 269 g/mol. The van der Waals surface area contributed by atoms with Crippen molar-refractivity contribution in [1.29, 1.82) is 0 Å². The summed E-state index contributed by atoms with van der Waals surface area (Å²) < 4.78 is 0.701. The van der Waals surface area contributed by atoms with Crippen molar-refractivity contribution in [3.63, 3.8) is 0 Å². The van der Waals surface area contributed by atoms with Crippen LogP contribution in [0.5, 0.6) is 5.75 Å². The summed E-state index contributed by atoms with van der Waals surface area (Å²) in [6, 6.07) is 4.82. The molecule has 0 aliphatic heterocycles. The van der Waals surface area contributed by atoms with E-state index in [9.17, 15) is 9.90 Å². The number of amides is 1. The lowest BCUT2D eigenvalue weighted by atomic mass is 10.1. The zero-order chi connectivity index (χ0) is 11.4. The highest BCUT2D eigenvalue weighted by molar-refractivity contribution is 9.11. The Morgan fingerprint density at radius 2 is 2.27 bits per heavy atom. The van der Waals surface area contributed by atoms with Gasteiger partial charge in [0.25, 0.3) is 5.91 Å². The number of nitrogens with one attached hydrogen (secondary N) is 1. The van der Waals surface area contributed by atoms with E-state index in [1.807, 2.05) is 0 Å². The van der Waals surface area contributed by atoms with Crippen molar-refractivity contribution in [1.82, 2.24) is 5.32 Å². The summed E-state index contributed by atoms with van der Waals surface area (Å²) in [6.07, 6.45) is 0. The van der Waals surface area contributed by atoms with Gasteiger partial charge in [-0.2, -0.15) is 0 Å². The smallest absolute Gasteiger partial charge is 0.251 e. The fourth-order valence-electron chi connectivity index (χ4n) is 1.03. The summed E-state index contributed by atoms with van der Waals surface area (Å²) in [5.74, 6) is -0.105. The topological polar surface area (TPSA) is 49.3 Å². The maximum atomic E-state index is 11.5. The molecule has 0 saturated carbocycles. The lowest BCUT2D eigenvalue weighted by molar-refractivity contribution is 0.0957. The van der Waals surface area contributed by atoms with E-state index in [0.717, 1.165) is 5.56 Å². The maximum absolute atomic E-state index is 11.5. The lowest BCUT2D eigenvalue weighted by Crippen LogP contribution is -2.24. The van der Waals surface area contributed by atoms with Crippen LogP contribution in [0.3, 0.4) is 0 Å². The van der Waals surface area contributed by atoms with Crippen molar-refractivity contribution in [2.75, 3.05) is 6.54 Å². The number of rotatable bonds is 3. The molecule has 1 rings (SSSR count). The highest BCUT2D eigenvalue weighted by atomic mass is 79.9. The predicted molar refractivity (Wildman–Crippen MR) is 63.2 cm³/mol. The van der Waals surface area contributed by atoms with E-state index in [1.165, 1.54) is 6.07 Å². The minimum absolute atomic E-state index is 0.125. The third-order valence-corrected chi connectivity index (χ3v) is 2.19. The number of carbonyl (C=O) groups is 1. The van der Waals surface area contributed by atoms with E-state index in [4.69, 9.17) is 0 Å². The second-order valence-corrected chi connectivity index (χ2v) is 4.32. The SMILES string of the molecule is C=C(Br)CNC(=O)c1ccc(C)c(O)c1. The molecule has 0 unspecified atom stereocenters. The van der Waals surface area contributed by atoms with Gasteiger partial charge >= 0.3 is 0 Å². The van der Waals surface area contributed by atoms with Crippen LogP contribution < -0.4 is 5.32 Å². The average Bonchev–Trinajstić information content (AvgIpc) is 2.18. The molecular formula is C11H12BrNO2. The third-order valence-electron chi connectivity index (χ3n) is 1.91. The molecule has 0 bridgehead atoms. The minimum atomic E-state index is -0.231. The van der Waals surface area contributed by atoms with Crippen LogP contribution in [0.1, 0.15) is 15.9 Å². The molecule has 1 amide bonds. The number of hydrogen-bond donors (Lipinski definition) is 2. The summed E-state index contributed by atoms with van der Waals surface area (Å²) in [5, 5.41) is 12.1. The van der Waals surface area contributed by atoms with Gasteiger partial charge in [-0.1, -0.05) is 28.6 Å². The van der Waals surface area contributed by atoms with Crippen molar-refractivity contribution < 1.29 is 9.90 Å². The van der Waals surface area contributed by atoms with E-state index < -0.39 is 0 Å². The molecule has 80 valence electrons. The van der Waals surface area contributed by atoms with Crippen LogP contribution >= 0.6 is 15.9 Å². The normalized spacial score (nSPS) is 9.73. The highest BCUT2D eigenvalue weighted by Gasteiger charge is 2.06. The molecule has 0 atom stereocenters. The van der Waals surface area contributed by atoms with Crippen LogP contribution in [0.15, 0.2) is 29.3 Å². The zero-order valence-corrected chi connectivity index (χ0v) is 9.97. The van der Waals surface area contributed by atoms with E-state index in [2.05, 4.69) is 27.8 Å². The van der Waals surface area contributed by atoms with Gasteiger partial charge in [0.15, 0.2) is 0 Å². The fraction of sp³-hybridized carbons (Fsp3) is 0.182. The quantitative estimate of drug-likeness (QED) is 0.885. The standard InChI is InChI=1S/C11H12BrNO2/c1-7-3-4-9(5-10(7)14)11(15)13-6-8(2)12/h3-5,14H,2,6H2,1H3,(H,13,15). The first-order chi connectivity index (χ1) is 7.00. The Morgan fingerprint density at radius 3 is 2.80 bits per heavy atom. The number of phenols is 1. The number of benzene rings is 1. The van der Waals surface area contributed by atoms with Gasteiger partial charge < -0.3 is 10.4 Å². The Balaban J connectivity index is 2.74. The van der Waals surface area contributed by atoms with Crippen molar-refractivity contribution in [2.45, 2.75) is 6.92 Å². The average molecular weight is 270 g/mol. The summed E-state index contributed by atoms with van der Waals surface area (Å²) in [6.45, 7) is 5.75. The van der Waals surface area contributed by atoms with Crippen LogP contribution in [-0.4, -0.2) is 17.6 Å². The number of aromatic hydroxyl groups is 1. The van der Waals surface area contributed by atoms with Crippen LogP contribution in [0, 0.1) is 6.92 Å². The number of hydrogen-bond acceptors (Lipinski definition) is 2. The van der Waals surface area contributed by atoms with E-state index in [0.29, 0.717) is 16.6 Å². The predicted octanol–water partition coefficient (Wildman–Crippen LogP) is 2.34. The molecule has 1 aromatic carbocycles. The first kappa shape index (κ1) is 11.8. The van der Waals surface area contributed by atoms with Gasteiger partial charge in [-0.05, 0) is 24.6 Å². The van der Waals surface area contributed by atoms with Crippen molar-refractivity contribution in [3.05, 3.63) is 40.4 Å². The molecule has 0 spiro atoms. The molecule has 0 aliphatic carbocycles. The number of phenolic OH excluding ortho intramolecular Hbond substituents is 1. The number of aryl methyl sites for hydroxylation is 1. The van der Waals surface area contributed by atoms with Gasteiger partial charge in [0.2, 0.25) is 0 Å². The molecule has 2 N–H and O–H groups in total. The van der Waals surface area contributed by atoms with Crippen LogP contribution in [0.25, 0.3) is 0 Å². The summed E-state index contributed by atoms with van der Waals surface area (Å²) >= 11 is 3.14. The second-order valence-electron chi connectivity index (χ2n) is 3.20. The Hall–Kier alpha value is -1.29. The third kappa shape index (κ3) is 3.40. The first-order valence-corrected chi connectivity index (χ1v) is 5.21. The van der Waals surface area contributed by atoms with Crippen molar-refractivity contribution >= 4 is 21.8 Å². The number of halogens is 1. The van der Waals surface area contributed by atoms with E-state index in [-0.39, 0.29) is 11.7 Å². The molecular weight excluding hydrogens is 258 g/mol. The Morgan fingerprint density at radius 1 is 1.60 bits per heavy atom. The summed E-state index contributed by atoms with van der Waals surface area (Å²) in [7, 11) is 0. The van der Waals surface area contributed by atoms with Crippen LogP contribution in [0.4, 0.5) is 0 Å². The lowest BCUT2D eigenvalue weighted by Gasteiger charge is -2.05. The molecule has 4 heteroatoms. The van der Waals surface area contributed by atoms with Gasteiger partial charge in [-0.25, -0.2) is 0 Å². The second kappa shape index (κ2) is 4.98. The van der Waals surface area contributed by atoms with Gasteiger partial charge in [0.1, 0.15) is 5.75 Å². The molecule has 1 aromatic rings. The molecule has 0 saturated heterocycles. The van der Waals surface area contributed by atoms with Gasteiger partial charge in [-0.3, -0.25) is 4.79 Å². The van der Waals surface area contributed by atoms with Crippen molar-refractivity contribution in [2.24, 2.45) is 0 Å². The Labute approximate surface area is 96.9 Å². The van der Waals surface area contributed by atoms with E-state index in [1.54, 1.807) is 19.1 Å². The largest absolute Gasteiger partial charge is 0.508 e. The van der Waals surface area contributed by atoms with Crippen molar-refractivity contribution in [3.8, 4) is 5.75 Å². The Bertz CT molecular complexity index is 402. The fourth-order valence-corrected chi connectivity index (χ4v) is 1.17. The highest BCUT2D eigenvalue weighted by Crippen LogP contribution is 2.17. The number of carbonyl (C=O) groups excluding carboxylic acids is 1. The minimum Gasteiger partial charge on any atom is -0.508 e. The molecule has 3 nitrogen and oxygen atoms in total. The maximum Gasteiger partial charge on any atom is 0.251 e. The molecule has 0 aliphatic rings. The first-order valence-electron chi connectivity index (χ1n) is 4.42. The van der Waals surface area contributed by atoms with Gasteiger partial charge in [0.05, 0.1) is 0 Å². The van der Waals surface area contributed by atoms with Gasteiger partial charge in [-0.15, -0.1) is 0 Å². The van der Waals surface area contributed by atoms with Crippen LogP contribution in [-0.2, 0) is 0 Å². The zero-order valence-electron chi connectivity index (χ0n) is 8.38. The summed E-state index contributed by atoms with van der Waals surface area (Å²) in [4.78, 5) is 11.5. The molecule has 0 fully saturated rings. The molecule has 15 heavy (non-hydrogen) atoms.